The third kappa shape index (κ3) is 8.37. The lowest BCUT2D eigenvalue weighted by atomic mass is 10.0. The highest BCUT2D eigenvalue weighted by Crippen LogP contribution is 2.16. The zero-order valence-corrected chi connectivity index (χ0v) is 17.8. The molecule has 0 unspecified atom stereocenters. The minimum atomic E-state index is -1.09. The molecule has 0 aliphatic carbocycles. The summed E-state index contributed by atoms with van der Waals surface area (Å²) in [6.45, 7) is 8.06. The number of benzene rings is 1. The molecule has 0 bridgehead atoms. The van der Waals surface area contributed by atoms with Gasteiger partial charge in [-0.1, -0.05) is 30.3 Å². The van der Waals surface area contributed by atoms with Crippen molar-refractivity contribution in [1.29, 1.82) is 0 Å². The molecule has 7 nitrogen and oxygen atoms in total. The average Bonchev–Trinajstić information content (AvgIpc) is 2.66. The van der Waals surface area contributed by atoms with Crippen molar-refractivity contribution in [1.82, 2.24) is 10.6 Å². The lowest BCUT2D eigenvalue weighted by Crippen LogP contribution is -2.55. The van der Waals surface area contributed by atoms with Crippen LogP contribution in [0.15, 0.2) is 30.3 Å². The first-order valence-corrected chi connectivity index (χ1v) is 9.42. The van der Waals surface area contributed by atoms with Crippen LogP contribution in [-0.4, -0.2) is 56.5 Å². The Hall–Kier alpha value is -1.96. The number of carbonyl (C=O) groups excluding carboxylic acids is 2. The molecular weight excluding hydrogens is 360 g/mol. The molecular formula is C21H34N2O5. The maximum absolute atomic E-state index is 12.7. The van der Waals surface area contributed by atoms with Gasteiger partial charge in [0.05, 0.1) is 18.8 Å². The van der Waals surface area contributed by atoms with Gasteiger partial charge in [0.25, 0.3) is 5.91 Å². The van der Waals surface area contributed by atoms with Gasteiger partial charge in [0.15, 0.2) is 0 Å². The van der Waals surface area contributed by atoms with Gasteiger partial charge >= 0.3 is 0 Å². The van der Waals surface area contributed by atoms with Crippen LogP contribution >= 0.6 is 0 Å². The minimum absolute atomic E-state index is 0.0686. The highest BCUT2D eigenvalue weighted by atomic mass is 16.5. The van der Waals surface area contributed by atoms with Gasteiger partial charge < -0.3 is 24.8 Å². The predicted octanol–water partition coefficient (Wildman–Crippen LogP) is 2.04. The summed E-state index contributed by atoms with van der Waals surface area (Å²) in [4.78, 5) is 25.1. The van der Waals surface area contributed by atoms with E-state index in [-0.39, 0.29) is 24.0 Å². The molecule has 7 heteroatoms. The Morgan fingerprint density at radius 2 is 1.71 bits per heavy atom. The maximum atomic E-state index is 12.7. The van der Waals surface area contributed by atoms with Gasteiger partial charge in [0, 0.05) is 20.8 Å². The Morgan fingerprint density at radius 1 is 1.07 bits per heavy atom. The standard InChI is InChI=1S/C21H34N2O5/c1-20(2,27-6)12-13-28-21(3,4)19(25)23-17(15-26-5)18(24)22-14-16-10-8-7-9-11-16/h7-11,17H,12-15H2,1-6H3,(H,22,24)(H,23,25)/t17-/m1/s1. The number of carbonyl (C=O) groups is 2. The molecule has 0 heterocycles. The summed E-state index contributed by atoms with van der Waals surface area (Å²) in [5, 5.41) is 5.54. The Balaban J connectivity index is 2.60. The smallest absolute Gasteiger partial charge is 0.252 e. The first-order valence-electron chi connectivity index (χ1n) is 9.42. The normalized spacial score (nSPS) is 13.1. The molecule has 0 aliphatic rings. The lowest BCUT2D eigenvalue weighted by molar-refractivity contribution is -0.147. The van der Waals surface area contributed by atoms with Crippen LogP contribution in [0.5, 0.6) is 0 Å². The molecule has 2 N–H and O–H groups in total. The highest BCUT2D eigenvalue weighted by Gasteiger charge is 2.33. The largest absolute Gasteiger partial charge is 0.382 e. The first-order chi connectivity index (χ1) is 13.1. The van der Waals surface area contributed by atoms with Crippen molar-refractivity contribution in [2.24, 2.45) is 0 Å². The maximum Gasteiger partial charge on any atom is 0.252 e. The number of nitrogens with one attached hydrogen (secondary N) is 2. The monoisotopic (exact) mass is 394 g/mol. The van der Waals surface area contributed by atoms with Gasteiger partial charge in [-0.3, -0.25) is 9.59 Å². The van der Waals surface area contributed by atoms with Crippen molar-refractivity contribution < 1.29 is 23.8 Å². The molecule has 158 valence electrons. The summed E-state index contributed by atoms with van der Waals surface area (Å²) in [5.74, 6) is -0.685. The van der Waals surface area contributed by atoms with Gasteiger partial charge in [-0.05, 0) is 39.7 Å². The van der Waals surface area contributed by atoms with Crippen molar-refractivity contribution in [2.75, 3.05) is 27.4 Å². The van der Waals surface area contributed by atoms with Crippen LogP contribution in [-0.2, 0) is 30.3 Å². The van der Waals surface area contributed by atoms with Gasteiger partial charge in [0.1, 0.15) is 11.6 Å². The summed E-state index contributed by atoms with van der Waals surface area (Å²) >= 11 is 0. The molecule has 0 spiro atoms. The van der Waals surface area contributed by atoms with Crippen LogP contribution in [0.4, 0.5) is 0 Å². The van der Waals surface area contributed by atoms with E-state index in [1.165, 1.54) is 7.11 Å². The van der Waals surface area contributed by atoms with E-state index < -0.39 is 11.6 Å². The number of rotatable bonds is 12. The SMILES string of the molecule is COC[C@@H](NC(=O)C(C)(C)OCCC(C)(C)OC)C(=O)NCc1ccccc1. The van der Waals surface area contributed by atoms with Crippen LogP contribution in [0.2, 0.25) is 0 Å². The molecule has 1 aromatic carbocycles. The molecule has 0 saturated heterocycles. The quantitative estimate of drug-likeness (QED) is 0.567. The van der Waals surface area contributed by atoms with Crippen LogP contribution in [0.3, 0.4) is 0 Å². The van der Waals surface area contributed by atoms with Crippen LogP contribution < -0.4 is 10.6 Å². The van der Waals surface area contributed by atoms with E-state index in [9.17, 15) is 9.59 Å². The Bertz CT molecular complexity index is 616. The van der Waals surface area contributed by atoms with Crippen molar-refractivity contribution >= 4 is 11.8 Å². The van der Waals surface area contributed by atoms with Crippen molar-refractivity contribution in [3.05, 3.63) is 35.9 Å². The number of methoxy groups -OCH3 is 2. The number of hydrogen-bond acceptors (Lipinski definition) is 5. The third-order valence-corrected chi connectivity index (χ3v) is 4.53. The molecule has 1 atom stereocenters. The molecule has 0 saturated carbocycles. The third-order valence-electron chi connectivity index (χ3n) is 4.53. The Morgan fingerprint density at radius 3 is 2.29 bits per heavy atom. The van der Waals surface area contributed by atoms with Crippen molar-refractivity contribution in [2.45, 2.75) is 57.9 Å². The molecule has 2 amide bonds. The second-order valence-electron chi connectivity index (χ2n) is 7.76. The van der Waals surface area contributed by atoms with Crippen molar-refractivity contribution in [3.63, 3.8) is 0 Å². The predicted molar refractivity (Wildman–Crippen MR) is 108 cm³/mol. The average molecular weight is 395 g/mol. The molecule has 0 aliphatic heterocycles. The summed E-state index contributed by atoms with van der Waals surface area (Å²) < 4.78 is 16.2. The summed E-state index contributed by atoms with van der Waals surface area (Å²) in [6.07, 6.45) is 0.638. The second kappa shape index (κ2) is 11.1. The summed E-state index contributed by atoms with van der Waals surface area (Å²) in [6, 6.07) is 8.75. The van der Waals surface area contributed by atoms with E-state index in [4.69, 9.17) is 14.2 Å². The van der Waals surface area contributed by atoms with E-state index in [0.717, 1.165) is 5.56 Å². The first kappa shape index (κ1) is 24.1. The topological polar surface area (TPSA) is 85.9 Å². The van der Waals surface area contributed by atoms with Crippen LogP contribution in [0, 0.1) is 0 Å². The molecule has 28 heavy (non-hydrogen) atoms. The van der Waals surface area contributed by atoms with Gasteiger partial charge in [-0.25, -0.2) is 0 Å². The number of amides is 2. The molecule has 1 rings (SSSR count). The number of ether oxygens (including phenoxy) is 3. The van der Waals surface area contributed by atoms with Crippen LogP contribution in [0.1, 0.15) is 39.7 Å². The van der Waals surface area contributed by atoms with E-state index in [0.29, 0.717) is 19.6 Å². The van der Waals surface area contributed by atoms with E-state index in [1.807, 2.05) is 44.2 Å². The summed E-state index contributed by atoms with van der Waals surface area (Å²) in [5.41, 5.74) is -0.444. The van der Waals surface area contributed by atoms with Gasteiger partial charge in [-0.15, -0.1) is 0 Å². The van der Waals surface area contributed by atoms with E-state index in [2.05, 4.69) is 10.6 Å². The fraction of sp³-hybridized carbons (Fsp3) is 0.619. The van der Waals surface area contributed by atoms with E-state index >= 15 is 0 Å². The highest BCUT2D eigenvalue weighted by molar-refractivity contribution is 5.91. The van der Waals surface area contributed by atoms with Gasteiger partial charge in [0.2, 0.25) is 5.91 Å². The molecule has 0 fully saturated rings. The molecule has 1 aromatic rings. The lowest BCUT2D eigenvalue weighted by Gasteiger charge is -2.29. The Labute approximate surface area is 168 Å². The Kier molecular flexibility index (Phi) is 9.58. The fourth-order valence-electron chi connectivity index (χ4n) is 2.31. The minimum Gasteiger partial charge on any atom is -0.382 e. The summed E-state index contributed by atoms with van der Waals surface area (Å²) in [7, 11) is 3.12. The van der Waals surface area contributed by atoms with Crippen LogP contribution in [0.25, 0.3) is 0 Å². The van der Waals surface area contributed by atoms with Crippen molar-refractivity contribution in [3.8, 4) is 0 Å². The molecule has 0 radical (unpaired) electrons. The van der Waals surface area contributed by atoms with E-state index in [1.54, 1.807) is 21.0 Å². The second-order valence-corrected chi connectivity index (χ2v) is 7.76. The fourth-order valence-corrected chi connectivity index (χ4v) is 2.31. The van der Waals surface area contributed by atoms with Gasteiger partial charge in [-0.2, -0.15) is 0 Å². The zero-order valence-electron chi connectivity index (χ0n) is 17.8. The molecule has 0 aromatic heterocycles. The zero-order chi connectivity index (χ0) is 21.2. The number of hydrogen-bond donors (Lipinski definition) is 2.